The van der Waals surface area contributed by atoms with Crippen molar-refractivity contribution in [3.63, 3.8) is 0 Å². The lowest BCUT2D eigenvalue weighted by Gasteiger charge is -2.09. The summed E-state index contributed by atoms with van der Waals surface area (Å²) in [6, 6.07) is 1.54. The number of hydrogen-bond donors (Lipinski definition) is 2. The summed E-state index contributed by atoms with van der Waals surface area (Å²) in [4.78, 5) is 1.64. The molecule has 7 heteroatoms. The van der Waals surface area contributed by atoms with Crippen LogP contribution in [0.15, 0.2) is 11.0 Å². The molecule has 2 rings (SSSR count). The topological polar surface area (TPSA) is 75.6 Å². The largest absolute Gasteiger partial charge is 0.391 e. The van der Waals surface area contributed by atoms with Gasteiger partial charge in [0.15, 0.2) is 0 Å². The van der Waals surface area contributed by atoms with E-state index < -0.39 is 10.0 Å². The van der Waals surface area contributed by atoms with Crippen LogP contribution in [0.3, 0.4) is 0 Å². The number of hydrogen-bond acceptors (Lipinski definition) is 5. The molecule has 18 heavy (non-hydrogen) atoms. The Kier molecular flexibility index (Phi) is 4.39. The zero-order chi connectivity index (χ0) is 13.2. The van der Waals surface area contributed by atoms with Gasteiger partial charge in [-0.2, -0.15) is 0 Å². The van der Waals surface area contributed by atoms with Gasteiger partial charge in [-0.3, -0.25) is 0 Å². The van der Waals surface area contributed by atoms with Gasteiger partial charge < -0.3 is 9.84 Å². The number of aliphatic hydroxyl groups excluding tert-OH is 1. The molecule has 0 amide bonds. The molecule has 0 saturated carbocycles. The van der Waals surface area contributed by atoms with Gasteiger partial charge in [-0.05, 0) is 25.3 Å². The first-order valence-electron chi connectivity index (χ1n) is 5.80. The maximum Gasteiger partial charge on any atom is 0.241 e. The monoisotopic (exact) mass is 291 g/mol. The Morgan fingerprint density at radius 2 is 2.39 bits per heavy atom. The van der Waals surface area contributed by atoms with Gasteiger partial charge in [0.2, 0.25) is 10.0 Å². The lowest BCUT2D eigenvalue weighted by molar-refractivity contribution is 0.186. The molecule has 2 heterocycles. The average molecular weight is 291 g/mol. The minimum Gasteiger partial charge on any atom is -0.391 e. The quantitative estimate of drug-likeness (QED) is 0.844. The van der Waals surface area contributed by atoms with E-state index in [1.54, 1.807) is 6.92 Å². The molecular formula is C11H17NO4S2. The van der Waals surface area contributed by atoms with Crippen molar-refractivity contribution in [1.29, 1.82) is 0 Å². The summed E-state index contributed by atoms with van der Waals surface area (Å²) >= 11 is 1.31. The molecule has 0 radical (unpaired) electrons. The number of aliphatic hydroxyl groups is 1. The van der Waals surface area contributed by atoms with E-state index in [0.29, 0.717) is 29.5 Å². The molecule has 1 aromatic rings. The van der Waals surface area contributed by atoms with E-state index in [-0.39, 0.29) is 17.4 Å². The second-order valence-electron chi connectivity index (χ2n) is 4.37. The van der Waals surface area contributed by atoms with Crippen LogP contribution in [0.2, 0.25) is 0 Å². The van der Waals surface area contributed by atoms with Crippen LogP contribution in [0.25, 0.3) is 0 Å². The molecule has 0 aromatic carbocycles. The van der Waals surface area contributed by atoms with E-state index in [0.717, 1.165) is 6.42 Å². The summed E-state index contributed by atoms with van der Waals surface area (Å²) in [7, 11) is -3.47. The van der Waals surface area contributed by atoms with Crippen molar-refractivity contribution in [3.05, 3.63) is 15.8 Å². The molecule has 5 nitrogen and oxygen atoms in total. The Hall–Kier alpha value is -0.470. The lowest BCUT2D eigenvalue weighted by atomic mass is 10.1. The standard InChI is InChI=1S/C11H17NO4S2/c1-8-11(4-10(6-13)17-8)18(14,15)12-5-9-2-3-16-7-9/h4,9,12-13H,2-3,5-7H2,1H3. The molecule has 0 spiro atoms. The predicted molar refractivity (Wildman–Crippen MR) is 69.1 cm³/mol. The van der Waals surface area contributed by atoms with Crippen molar-refractivity contribution in [1.82, 2.24) is 4.72 Å². The second-order valence-corrected chi connectivity index (χ2v) is 7.45. The summed E-state index contributed by atoms with van der Waals surface area (Å²) in [5.41, 5.74) is 0. The first kappa shape index (κ1) is 14.0. The van der Waals surface area contributed by atoms with Gasteiger partial charge in [0.25, 0.3) is 0 Å². The van der Waals surface area contributed by atoms with Gasteiger partial charge >= 0.3 is 0 Å². The third-order valence-electron chi connectivity index (χ3n) is 2.95. The fourth-order valence-electron chi connectivity index (χ4n) is 1.92. The summed E-state index contributed by atoms with van der Waals surface area (Å²) in [6.45, 7) is 3.35. The minimum atomic E-state index is -3.47. The van der Waals surface area contributed by atoms with Crippen molar-refractivity contribution >= 4 is 21.4 Å². The van der Waals surface area contributed by atoms with Crippen LogP contribution in [-0.2, 0) is 21.4 Å². The molecule has 1 aromatic heterocycles. The molecule has 1 aliphatic rings. The van der Waals surface area contributed by atoms with Gasteiger partial charge in [-0.25, -0.2) is 13.1 Å². The third-order valence-corrected chi connectivity index (χ3v) is 5.67. The van der Waals surface area contributed by atoms with Gasteiger partial charge in [-0.1, -0.05) is 0 Å². The van der Waals surface area contributed by atoms with E-state index in [1.165, 1.54) is 17.4 Å². The highest BCUT2D eigenvalue weighted by atomic mass is 32.2. The highest BCUT2D eigenvalue weighted by Crippen LogP contribution is 2.25. The maximum atomic E-state index is 12.1. The van der Waals surface area contributed by atoms with Crippen LogP contribution in [0.4, 0.5) is 0 Å². The number of nitrogens with one attached hydrogen (secondary N) is 1. The van der Waals surface area contributed by atoms with Gasteiger partial charge in [0, 0.05) is 22.9 Å². The highest BCUT2D eigenvalue weighted by Gasteiger charge is 2.22. The fourth-order valence-corrected chi connectivity index (χ4v) is 4.53. The van der Waals surface area contributed by atoms with Crippen molar-refractivity contribution in [2.75, 3.05) is 19.8 Å². The summed E-state index contributed by atoms with van der Waals surface area (Å²) in [5, 5.41) is 9.02. The smallest absolute Gasteiger partial charge is 0.241 e. The number of rotatable bonds is 5. The third kappa shape index (κ3) is 3.10. The van der Waals surface area contributed by atoms with E-state index in [2.05, 4.69) is 4.72 Å². The Morgan fingerprint density at radius 1 is 1.61 bits per heavy atom. The molecule has 0 bridgehead atoms. The van der Waals surface area contributed by atoms with Crippen LogP contribution >= 0.6 is 11.3 Å². The molecule has 0 aliphatic carbocycles. The molecule has 1 fully saturated rings. The Bertz CT molecular complexity index is 503. The first-order chi connectivity index (χ1) is 8.53. The predicted octanol–water partition coefficient (Wildman–Crippen LogP) is 0.864. The Balaban J connectivity index is 2.06. The zero-order valence-corrected chi connectivity index (χ0v) is 11.8. The SMILES string of the molecule is Cc1sc(CO)cc1S(=O)(=O)NCC1CCOC1. The second kappa shape index (κ2) is 5.66. The molecule has 1 saturated heterocycles. The Morgan fingerprint density at radius 3 is 2.94 bits per heavy atom. The normalized spacial score (nSPS) is 20.4. The maximum absolute atomic E-state index is 12.1. The summed E-state index contributed by atoms with van der Waals surface area (Å²) in [6.07, 6.45) is 0.896. The molecule has 1 unspecified atom stereocenters. The van der Waals surface area contributed by atoms with Crippen LogP contribution in [0.5, 0.6) is 0 Å². The summed E-state index contributed by atoms with van der Waals surface area (Å²) in [5.74, 6) is 0.260. The number of sulfonamides is 1. The van der Waals surface area contributed by atoms with E-state index in [4.69, 9.17) is 9.84 Å². The molecule has 2 N–H and O–H groups in total. The number of thiophene rings is 1. The van der Waals surface area contributed by atoms with Crippen LogP contribution in [0.1, 0.15) is 16.2 Å². The van der Waals surface area contributed by atoms with Crippen LogP contribution in [-0.4, -0.2) is 33.3 Å². The molecule has 1 aliphatic heterocycles. The Labute approximate surface area is 111 Å². The minimum absolute atomic E-state index is 0.127. The number of aryl methyl sites for hydroxylation is 1. The summed E-state index contributed by atoms with van der Waals surface area (Å²) < 4.78 is 32.0. The van der Waals surface area contributed by atoms with Crippen molar-refractivity contribution in [2.24, 2.45) is 5.92 Å². The molecule has 1 atom stereocenters. The number of ether oxygens (including phenoxy) is 1. The van der Waals surface area contributed by atoms with Crippen molar-refractivity contribution in [2.45, 2.75) is 24.8 Å². The zero-order valence-electron chi connectivity index (χ0n) is 10.2. The van der Waals surface area contributed by atoms with Crippen molar-refractivity contribution < 1.29 is 18.3 Å². The first-order valence-corrected chi connectivity index (χ1v) is 8.10. The molecular weight excluding hydrogens is 274 g/mol. The van der Waals surface area contributed by atoms with Gasteiger partial charge in [0.1, 0.15) is 0 Å². The van der Waals surface area contributed by atoms with Gasteiger partial charge in [0.05, 0.1) is 18.1 Å². The van der Waals surface area contributed by atoms with Crippen LogP contribution in [0, 0.1) is 12.8 Å². The highest BCUT2D eigenvalue weighted by molar-refractivity contribution is 7.89. The van der Waals surface area contributed by atoms with E-state index in [1.807, 2.05) is 0 Å². The van der Waals surface area contributed by atoms with E-state index in [9.17, 15) is 8.42 Å². The van der Waals surface area contributed by atoms with Crippen molar-refractivity contribution in [3.8, 4) is 0 Å². The van der Waals surface area contributed by atoms with E-state index >= 15 is 0 Å². The molecule has 102 valence electrons. The fraction of sp³-hybridized carbons (Fsp3) is 0.636. The van der Waals surface area contributed by atoms with Crippen LogP contribution < -0.4 is 4.72 Å². The van der Waals surface area contributed by atoms with Gasteiger partial charge in [-0.15, -0.1) is 11.3 Å². The average Bonchev–Trinajstić information content (AvgIpc) is 2.95. The lowest BCUT2D eigenvalue weighted by Crippen LogP contribution is -2.29.